The van der Waals surface area contributed by atoms with Gasteiger partial charge in [0.2, 0.25) is 11.8 Å². The van der Waals surface area contributed by atoms with Crippen LogP contribution in [0.5, 0.6) is 0 Å². The summed E-state index contributed by atoms with van der Waals surface area (Å²) in [6, 6.07) is 9.28. The van der Waals surface area contributed by atoms with Gasteiger partial charge in [0, 0.05) is 6.42 Å². The average molecular weight is 230 g/mol. The van der Waals surface area contributed by atoms with Crippen molar-refractivity contribution in [1.82, 2.24) is 10.6 Å². The highest BCUT2D eigenvalue weighted by atomic mass is 16.2. The molecule has 4 nitrogen and oxygen atoms in total. The van der Waals surface area contributed by atoms with Crippen molar-refractivity contribution in [3.63, 3.8) is 0 Å². The molecule has 17 heavy (non-hydrogen) atoms. The van der Waals surface area contributed by atoms with Gasteiger partial charge >= 0.3 is 0 Å². The van der Waals surface area contributed by atoms with Crippen molar-refractivity contribution in [2.45, 2.75) is 30.8 Å². The molecule has 1 saturated heterocycles. The molecule has 4 heteroatoms. The third-order valence-electron chi connectivity index (χ3n) is 3.45. The maximum atomic E-state index is 11.9. The lowest BCUT2D eigenvalue weighted by Gasteiger charge is -2.29. The zero-order chi connectivity index (χ0) is 11.9. The minimum atomic E-state index is -0.565. The van der Waals surface area contributed by atoms with Crippen LogP contribution >= 0.6 is 0 Å². The van der Waals surface area contributed by atoms with Crippen LogP contribution in [0.15, 0.2) is 30.3 Å². The van der Waals surface area contributed by atoms with Gasteiger partial charge in [0.1, 0.15) is 11.6 Å². The van der Waals surface area contributed by atoms with E-state index < -0.39 is 11.6 Å². The van der Waals surface area contributed by atoms with Crippen LogP contribution in [-0.4, -0.2) is 23.4 Å². The number of hydrogen-bond acceptors (Lipinski definition) is 2. The highest BCUT2D eigenvalue weighted by molar-refractivity contribution is 6.01. The Morgan fingerprint density at radius 1 is 1.18 bits per heavy atom. The molecule has 1 aromatic rings. The fourth-order valence-corrected chi connectivity index (χ4v) is 2.21. The quantitative estimate of drug-likeness (QED) is 0.771. The van der Waals surface area contributed by atoms with Crippen LogP contribution in [0.3, 0.4) is 0 Å². The van der Waals surface area contributed by atoms with Crippen molar-refractivity contribution in [3.05, 3.63) is 35.9 Å². The van der Waals surface area contributed by atoms with E-state index in [1.165, 1.54) is 0 Å². The predicted octanol–water partition coefficient (Wildman–Crippen LogP) is 0.376. The van der Waals surface area contributed by atoms with Crippen LogP contribution in [-0.2, 0) is 16.0 Å². The summed E-state index contributed by atoms with van der Waals surface area (Å²) in [7, 11) is 0. The molecule has 0 aromatic heterocycles. The summed E-state index contributed by atoms with van der Waals surface area (Å²) >= 11 is 0. The summed E-state index contributed by atoms with van der Waals surface area (Å²) in [5, 5.41) is 5.65. The molecule has 0 radical (unpaired) electrons. The normalized spacial score (nSPS) is 25.3. The van der Waals surface area contributed by atoms with Gasteiger partial charge in [-0.2, -0.15) is 0 Å². The van der Waals surface area contributed by atoms with Gasteiger partial charge in [0.15, 0.2) is 0 Å². The van der Waals surface area contributed by atoms with E-state index in [0.717, 1.165) is 18.4 Å². The van der Waals surface area contributed by atoms with Crippen molar-refractivity contribution in [2.75, 3.05) is 0 Å². The van der Waals surface area contributed by atoms with Gasteiger partial charge in [-0.15, -0.1) is 0 Å². The van der Waals surface area contributed by atoms with E-state index in [1.807, 2.05) is 30.3 Å². The molecule has 2 N–H and O–H groups in total. The molecule has 0 unspecified atom stereocenters. The number of carbonyl (C=O) groups is 2. The van der Waals surface area contributed by atoms with Crippen molar-refractivity contribution in [1.29, 1.82) is 0 Å². The standard InChI is InChI=1S/C13H14N2O2/c16-11-10(8-9-4-2-1-3-5-9)14-12(17)13(15-11)6-7-13/h1-5,10H,6-8H2,(H,14,17)(H,15,16)/t10-/m1/s1. The third kappa shape index (κ3) is 1.79. The molecule has 1 atom stereocenters. The highest BCUT2D eigenvalue weighted by Crippen LogP contribution is 2.37. The number of piperazine rings is 1. The van der Waals surface area contributed by atoms with E-state index in [2.05, 4.69) is 10.6 Å². The molecule has 1 saturated carbocycles. The highest BCUT2D eigenvalue weighted by Gasteiger charge is 2.55. The number of carbonyl (C=O) groups excluding carboxylic acids is 2. The SMILES string of the molecule is O=C1NC2(CC2)C(=O)N[C@@H]1Cc1ccccc1. The summed E-state index contributed by atoms with van der Waals surface area (Å²) in [6.07, 6.45) is 2.08. The molecule has 1 heterocycles. The second-order valence-corrected chi connectivity index (χ2v) is 4.79. The second-order valence-electron chi connectivity index (χ2n) is 4.79. The number of hydrogen-bond donors (Lipinski definition) is 2. The smallest absolute Gasteiger partial charge is 0.246 e. The monoisotopic (exact) mass is 230 g/mol. The fourth-order valence-electron chi connectivity index (χ4n) is 2.21. The fraction of sp³-hybridized carbons (Fsp3) is 0.385. The lowest BCUT2D eigenvalue weighted by Crippen LogP contribution is -2.63. The molecule has 3 rings (SSSR count). The number of rotatable bonds is 2. The molecular weight excluding hydrogens is 216 g/mol. The van der Waals surface area contributed by atoms with Crippen molar-refractivity contribution in [2.24, 2.45) is 0 Å². The predicted molar refractivity (Wildman–Crippen MR) is 62.2 cm³/mol. The Labute approximate surface area is 99.4 Å². The Balaban J connectivity index is 1.72. The van der Waals surface area contributed by atoms with Gasteiger partial charge < -0.3 is 10.6 Å². The van der Waals surface area contributed by atoms with Crippen LogP contribution in [0.4, 0.5) is 0 Å². The molecule has 0 bridgehead atoms. The average Bonchev–Trinajstić information content (AvgIpc) is 3.08. The van der Waals surface area contributed by atoms with Crippen LogP contribution in [0, 0.1) is 0 Å². The lowest BCUT2D eigenvalue weighted by atomic mass is 10.0. The van der Waals surface area contributed by atoms with E-state index in [0.29, 0.717) is 6.42 Å². The van der Waals surface area contributed by atoms with Gasteiger partial charge in [-0.3, -0.25) is 9.59 Å². The van der Waals surface area contributed by atoms with Crippen LogP contribution < -0.4 is 10.6 Å². The Morgan fingerprint density at radius 3 is 2.53 bits per heavy atom. The number of nitrogens with one attached hydrogen (secondary N) is 2. The third-order valence-corrected chi connectivity index (χ3v) is 3.45. The molecular formula is C13H14N2O2. The van der Waals surface area contributed by atoms with E-state index in [4.69, 9.17) is 0 Å². The van der Waals surface area contributed by atoms with Crippen LogP contribution in [0.2, 0.25) is 0 Å². The molecule has 1 aliphatic heterocycles. The molecule has 1 aromatic carbocycles. The van der Waals surface area contributed by atoms with Crippen molar-refractivity contribution >= 4 is 11.8 Å². The molecule has 2 fully saturated rings. The first kappa shape index (κ1) is 10.3. The zero-order valence-electron chi connectivity index (χ0n) is 9.40. The molecule has 2 amide bonds. The van der Waals surface area contributed by atoms with Gasteiger partial charge in [-0.25, -0.2) is 0 Å². The summed E-state index contributed by atoms with van der Waals surface area (Å²) in [5.41, 5.74) is 0.490. The zero-order valence-corrected chi connectivity index (χ0v) is 9.40. The molecule has 1 aliphatic carbocycles. The first-order valence-electron chi connectivity index (χ1n) is 5.87. The Morgan fingerprint density at radius 2 is 1.88 bits per heavy atom. The lowest BCUT2D eigenvalue weighted by molar-refractivity contribution is -0.137. The summed E-state index contributed by atoms with van der Waals surface area (Å²) < 4.78 is 0. The Hall–Kier alpha value is -1.84. The van der Waals surface area contributed by atoms with Crippen LogP contribution in [0.25, 0.3) is 0 Å². The molecule has 1 spiro atoms. The van der Waals surface area contributed by atoms with Gasteiger partial charge in [0.05, 0.1) is 0 Å². The largest absolute Gasteiger partial charge is 0.342 e. The van der Waals surface area contributed by atoms with E-state index in [9.17, 15) is 9.59 Å². The topological polar surface area (TPSA) is 58.2 Å². The van der Waals surface area contributed by atoms with Crippen molar-refractivity contribution in [3.8, 4) is 0 Å². The summed E-state index contributed by atoms with van der Waals surface area (Å²) in [4.78, 5) is 23.7. The Bertz CT molecular complexity index is 466. The Kier molecular flexibility index (Phi) is 2.18. The van der Waals surface area contributed by atoms with Crippen molar-refractivity contribution < 1.29 is 9.59 Å². The number of amides is 2. The van der Waals surface area contributed by atoms with Gasteiger partial charge in [0.25, 0.3) is 0 Å². The second kappa shape index (κ2) is 3.58. The minimum absolute atomic E-state index is 0.0296. The van der Waals surface area contributed by atoms with Gasteiger partial charge in [-0.1, -0.05) is 30.3 Å². The summed E-state index contributed by atoms with van der Waals surface area (Å²) in [5.74, 6) is -0.0935. The minimum Gasteiger partial charge on any atom is -0.342 e. The van der Waals surface area contributed by atoms with E-state index in [-0.39, 0.29) is 11.8 Å². The maximum absolute atomic E-state index is 11.9. The molecule has 2 aliphatic rings. The van der Waals surface area contributed by atoms with E-state index >= 15 is 0 Å². The van der Waals surface area contributed by atoms with Crippen LogP contribution in [0.1, 0.15) is 18.4 Å². The molecule has 88 valence electrons. The van der Waals surface area contributed by atoms with Gasteiger partial charge in [-0.05, 0) is 18.4 Å². The first-order valence-corrected chi connectivity index (χ1v) is 5.87. The van der Waals surface area contributed by atoms with E-state index in [1.54, 1.807) is 0 Å². The first-order chi connectivity index (χ1) is 8.20. The number of benzene rings is 1. The maximum Gasteiger partial charge on any atom is 0.246 e. The summed E-state index contributed by atoms with van der Waals surface area (Å²) in [6.45, 7) is 0.